The Balaban J connectivity index is 1.97. The molecule has 21 heavy (non-hydrogen) atoms. The highest BCUT2D eigenvalue weighted by molar-refractivity contribution is 9.11. The lowest BCUT2D eigenvalue weighted by Gasteiger charge is -2.13. The van der Waals surface area contributed by atoms with Crippen LogP contribution in [0.25, 0.3) is 0 Å². The Morgan fingerprint density at radius 2 is 2.00 bits per heavy atom. The Morgan fingerprint density at radius 1 is 1.29 bits per heavy atom. The first-order chi connectivity index (χ1) is 9.97. The fraction of sp³-hybridized carbons (Fsp3) is 0.143. The molecule has 4 nitrogen and oxygen atoms in total. The molecule has 1 atom stereocenters. The van der Waals surface area contributed by atoms with Crippen LogP contribution in [0.1, 0.15) is 16.6 Å². The normalized spacial score (nSPS) is 11.8. The van der Waals surface area contributed by atoms with Crippen LogP contribution < -0.4 is 5.32 Å². The summed E-state index contributed by atoms with van der Waals surface area (Å²) in [5, 5.41) is 3.04. The smallest absolute Gasteiger partial charge is 0.349 e. The number of thiophene rings is 1. The maximum absolute atomic E-state index is 12.0. The minimum Gasteiger partial charge on any atom is -0.448 e. The summed E-state index contributed by atoms with van der Waals surface area (Å²) in [7, 11) is 0. The molecule has 0 radical (unpaired) electrons. The number of halogens is 2. The van der Waals surface area contributed by atoms with Crippen molar-refractivity contribution in [2.24, 2.45) is 0 Å². The average Bonchev–Trinajstić information content (AvgIpc) is 2.88. The van der Waals surface area contributed by atoms with Crippen molar-refractivity contribution in [2.45, 2.75) is 13.0 Å². The SMILES string of the molecule is CC(OC(=O)c1ccc(Br)s1)C(=O)Nc1ccccc1Cl. The molecule has 1 unspecified atom stereocenters. The molecule has 1 N–H and O–H groups in total. The molecule has 0 aliphatic rings. The lowest BCUT2D eigenvalue weighted by Crippen LogP contribution is -2.29. The molecule has 2 rings (SSSR count). The maximum atomic E-state index is 12.0. The van der Waals surface area contributed by atoms with E-state index in [-0.39, 0.29) is 0 Å². The van der Waals surface area contributed by atoms with Crippen molar-refractivity contribution >= 4 is 56.4 Å². The van der Waals surface area contributed by atoms with Gasteiger partial charge in [-0.25, -0.2) is 4.79 Å². The zero-order valence-electron chi connectivity index (χ0n) is 10.9. The van der Waals surface area contributed by atoms with Gasteiger partial charge in [-0.15, -0.1) is 11.3 Å². The molecule has 0 aliphatic carbocycles. The summed E-state index contributed by atoms with van der Waals surface area (Å²) in [5.74, 6) is -0.973. The molecule has 0 fully saturated rings. The van der Waals surface area contributed by atoms with Gasteiger partial charge in [0.25, 0.3) is 5.91 Å². The molecule has 110 valence electrons. The van der Waals surface area contributed by atoms with Gasteiger partial charge in [0.1, 0.15) is 4.88 Å². The molecule has 0 saturated heterocycles. The van der Waals surface area contributed by atoms with E-state index in [4.69, 9.17) is 16.3 Å². The Bertz CT molecular complexity index is 674. The minimum atomic E-state index is -0.922. The number of carbonyl (C=O) groups is 2. The average molecular weight is 389 g/mol. The molecule has 7 heteroatoms. The monoisotopic (exact) mass is 387 g/mol. The van der Waals surface area contributed by atoms with Gasteiger partial charge in [-0.3, -0.25) is 4.79 Å². The molecule has 0 aliphatic heterocycles. The Kier molecular flexibility index (Phi) is 5.39. The predicted octanol–water partition coefficient (Wildman–Crippen LogP) is 4.35. The summed E-state index contributed by atoms with van der Waals surface area (Å²) < 4.78 is 5.94. The molecule has 0 spiro atoms. The summed E-state index contributed by atoms with van der Waals surface area (Å²) in [6.45, 7) is 1.51. The van der Waals surface area contributed by atoms with E-state index in [0.717, 1.165) is 3.79 Å². The van der Waals surface area contributed by atoms with E-state index in [1.807, 2.05) is 0 Å². The number of esters is 1. The van der Waals surface area contributed by atoms with Crippen molar-refractivity contribution in [1.82, 2.24) is 0 Å². The van der Waals surface area contributed by atoms with E-state index in [1.54, 1.807) is 36.4 Å². The highest BCUT2D eigenvalue weighted by Crippen LogP contribution is 2.23. The fourth-order valence-corrected chi connectivity index (χ4v) is 2.95. The van der Waals surface area contributed by atoms with Crippen LogP contribution in [0.5, 0.6) is 0 Å². The zero-order valence-corrected chi connectivity index (χ0v) is 14.1. The van der Waals surface area contributed by atoms with Crippen LogP contribution in [-0.4, -0.2) is 18.0 Å². The first-order valence-corrected chi connectivity index (χ1v) is 7.98. The molecule has 1 heterocycles. The Hall–Kier alpha value is -1.37. The quantitative estimate of drug-likeness (QED) is 0.792. The number of amides is 1. The number of anilines is 1. The van der Waals surface area contributed by atoms with Crippen LogP contribution in [0.3, 0.4) is 0 Å². The van der Waals surface area contributed by atoms with Crippen molar-refractivity contribution < 1.29 is 14.3 Å². The van der Waals surface area contributed by atoms with Crippen LogP contribution in [0, 0.1) is 0 Å². The third kappa shape index (κ3) is 4.30. The molecule has 1 amide bonds. The lowest BCUT2D eigenvalue weighted by molar-refractivity contribution is -0.123. The number of hydrogen-bond donors (Lipinski definition) is 1. The van der Waals surface area contributed by atoms with Gasteiger partial charge in [0.2, 0.25) is 0 Å². The number of nitrogens with one attached hydrogen (secondary N) is 1. The second-order valence-corrected chi connectivity index (χ2v) is 6.99. The van der Waals surface area contributed by atoms with Gasteiger partial charge in [0, 0.05) is 0 Å². The van der Waals surface area contributed by atoms with Gasteiger partial charge < -0.3 is 10.1 Å². The van der Waals surface area contributed by atoms with Gasteiger partial charge in [-0.2, -0.15) is 0 Å². The third-order valence-electron chi connectivity index (χ3n) is 2.56. The van der Waals surface area contributed by atoms with Gasteiger partial charge in [-0.1, -0.05) is 23.7 Å². The van der Waals surface area contributed by atoms with Crippen molar-refractivity contribution in [2.75, 3.05) is 5.32 Å². The van der Waals surface area contributed by atoms with Gasteiger partial charge >= 0.3 is 5.97 Å². The van der Waals surface area contributed by atoms with Gasteiger partial charge in [-0.05, 0) is 47.1 Å². The fourth-order valence-electron chi connectivity index (χ4n) is 1.49. The third-order valence-corrected chi connectivity index (χ3v) is 4.49. The molecule has 1 aromatic heterocycles. The van der Waals surface area contributed by atoms with E-state index in [1.165, 1.54) is 18.3 Å². The minimum absolute atomic E-state index is 0.423. The molecule has 0 saturated carbocycles. The van der Waals surface area contributed by atoms with Crippen LogP contribution in [0.2, 0.25) is 5.02 Å². The topological polar surface area (TPSA) is 55.4 Å². The van der Waals surface area contributed by atoms with Crippen molar-refractivity contribution in [3.8, 4) is 0 Å². The Morgan fingerprint density at radius 3 is 2.62 bits per heavy atom. The molecular formula is C14H11BrClNO3S. The van der Waals surface area contributed by atoms with Crippen LogP contribution >= 0.6 is 38.9 Å². The number of ether oxygens (including phenoxy) is 1. The predicted molar refractivity (Wildman–Crippen MR) is 87.0 cm³/mol. The summed E-state index contributed by atoms with van der Waals surface area (Å²) >= 11 is 10.5. The van der Waals surface area contributed by atoms with Crippen molar-refractivity contribution in [3.05, 3.63) is 50.1 Å². The molecule has 1 aromatic carbocycles. The Labute approximate surface area is 139 Å². The lowest BCUT2D eigenvalue weighted by atomic mass is 10.3. The van der Waals surface area contributed by atoms with Crippen LogP contribution in [0.15, 0.2) is 40.2 Å². The number of hydrogen-bond acceptors (Lipinski definition) is 4. The zero-order chi connectivity index (χ0) is 15.4. The highest BCUT2D eigenvalue weighted by atomic mass is 79.9. The van der Waals surface area contributed by atoms with Crippen LogP contribution in [-0.2, 0) is 9.53 Å². The summed E-state index contributed by atoms with van der Waals surface area (Å²) in [6, 6.07) is 10.2. The van der Waals surface area contributed by atoms with Gasteiger partial charge in [0.15, 0.2) is 6.10 Å². The van der Waals surface area contributed by atoms with E-state index in [9.17, 15) is 9.59 Å². The van der Waals surface area contributed by atoms with E-state index < -0.39 is 18.0 Å². The van der Waals surface area contributed by atoms with Crippen molar-refractivity contribution in [3.63, 3.8) is 0 Å². The van der Waals surface area contributed by atoms with E-state index >= 15 is 0 Å². The molecule has 2 aromatic rings. The number of benzene rings is 1. The molecule has 0 bridgehead atoms. The summed E-state index contributed by atoms with van der Waals surface area (Å²) in [5.41, 5.74) is 0.478. The van der Waals surface area contributed by atoms with Gasteiger partial charge in [0.05, 0.1) is 14.5 Å². The number of carbonyl (C=O) groups excluding carboxylic acids is 2. The standard InChI is InChI=1S/C14H11BrClNO3S/c1-8(20-14(19)11-6-7-12(15)21-11)13(18)17-10-5-3-2-4-9(10)16/h2-8H,1H3,(H,17,18). The molecular weight excluding hydrogens is 378 g/mol. The second kappa shape index (κ2) is 7.06. The highest BCUT2D eigenvalue weighted by Gasteiger charge is 2.20. The maximum Gasteiger partial charge on any atom is 0.349 e. The first kappa shape index (κ1) is 16.0. The van der Waals surface area contributed by atoms with E-state index in [0.29, 0.717) is 15.6 Å². The largest absolute Gasteiger partial charge is 0.448 e. The van der Waals surface area contributed by atoms with Crippen LogP contribution in [0.4, 0.5) is 5.69 Å². The summed E-state index contributed by atoms with van der Waals surface area (Å²) in [6.07, 6.45) is -0.922. The van der Waals surface area contributed by atoms with Crippen molar-refractivity contribution in [1.29, 1.82) is 0 Å². The van der Waals surface area contributed by atoms with E-state index in [2.05, 4.69) is 21.2 Å². The first-order valence-electron chi connectivity index (χ1n) is 5.99. The second-order valence-electron chi connectivity index (χ2n) is 4.12. The summed E-state index contributed by atoms with van der Waals surface area (Å²) in [4.78, 5) is 24.3. The number of rotatable bonds is 4. The number of para-hydroxylation sites is 1.